The number of anilines is 5. The lowest BCUT2D eigenvalue weighted by Crippen LogP contribution is -2.49. The summed E-state index contributed by atoms with van der Waals surface area (Å²) < 4.78 is 41.7. The summed E-state index contributed by atoms with van der Waals surface area (Å²) in [5.41, 5.74) is 1.56. The summed E-state index contributed by atoms with van der Waals surface area (Å²) in [5, 5.41) is 5.92. The average molecular weight is 645 g/mol. The van der Waals surface area contributed by atoms with Gasteiger partial charge in [-0.1, -0.05) is 18.2 Å². The Bertz CT molecular complexity index is 1780. The molecule has 14 heteroatoms. The summed E-state index contributed by atoms with van der Waals surface area (Å²) in [5.74, 6) is -2.63. The number of hydrogen-bond acceptors (Lipinski definition) is 9. The number of pyridine rings is 1. The third-order valence-electron chi connectivity index (χ3n) is 7.36. The standard InChI is InChI=1S/C33H34F2N8O4/c1-20(21-8-6-9-24(16-21)38-27(44)10-7-15-41(2)3)43-31-22(18-37-32(40-31)39-23-11-13-36-14-12-23)19-42(33(43)45)30-28(34)25(46-4)17-26(47-5)29(30)35/h6-14,16-18,20H,15,19H2,1-5H3,(H,38,44)(H,36,37,39,40)/b10-7+. The Morgan fingerprint density at radius 1 is 1.06 bits per heavy atom. The van der Waals surface area contributed by atoms with Crippen LogP contribution in [0, 0.1) is 11.6 Å². The maximum absolute atomic E-state index is 15.7. The molecule has 0 saturated heterocycles. The first-order valence-corrected chi connectivity index (χ1v) is 14.6. The van der Waals surface area contributed by atoms with Gasteiger partial charge in [-0.15, -0.1) is 0 Å². The van der Waals surface area contributed by atoms with Gasteiger partial charge in [-0.05, 0) is 50.8 Å². The fraction of sp³-hybridized carbons (Fsp3) is 0.242. The second-order valence-corrected chi connectivity index (χ2v) is 10.9. The Kier molecular flexibility index (Phi) is 9.90. The molecule has 0 saturated carbocycles. The minimum atomic E-state index is -1.07. The SMILES string of the molecule is COc1cc(OC)c(F)c(N2Cc3cnc(Nc4ccncc4)nc3N(C(C)c3cccc(NC(=O)/C=C/CN(C)C)c3)C2=O)c1F. The van der Waals surface area contributed by atoms with E-state index in [9.17, 15) is 9.59 Å². The summed E-state index contributed by atoms with van der Waals surface area (Å²) in [6.07, 6.45) is 7.88. The fourth-order valence-electron chi connectivity index (χ4n) is 5.01. The first-order chi connectivity index (χ1) is 22.6. The first-order valence-electron chi connectivity index (χ1n) is 14.6. The van der Waals surface area contributed by atoms with Crippen molar-refractivity contribution in [3.63, 3.8) is 0 Å². The molecule has 5 rings (SSSR count). The van der Waals surface area contributed by atoms with Crippen molar-refractivity contribution in [1.29, 1.82) is 0 Å². The van der Waals surface area contributed by atoms with Crippen LogP contribution in [0.15, 0.2) is 73.2 Å². The minimum absolute atomic E-state index is 0.194. The highest BCUT2D eigenvalue weighted by atomic mass is 19.1. The number of methoxy groups -OCH3 is 2. The molecule has 1 unspecified atom stereocenters. The van der Waals surface area contributed by atoms with Crippen LogP contribution in [0.25, 0.3) is 0 Å². The summed E-state index contributed by atoms with van der Waals surface area (Å²) in [4.78, 5) is 44.2. The lowest BCUT2D eigenvalue weighted by atomic mass is 10.0. The highest BCUT2D eigenvalue weighted by Gasteiger charge is 2.40. The Labute approximate surface area is 270 Å². The number of rotatable bonds is 11. The number of benzene rings is 2. The lowest BCUT2D eigenvalue weighted by molar-refractivity contribution is -0.111. The number of ether oxygens (including phenoxy) is 2. The van der Waals surface area contributed by atoms with Crippen molar-refractivity contribution >= 4 is 40.8 Å². The largest absolute Gasteiger partial charge is 0.493 e. The molecule has 3 amide bonds. The molecule has 2 N–H and O–H groups in total. The highest BCUT2D eigenvalue weighted by molar-refractivity contribution is 6.06. The van der Waals surface area contributed by atoms with Gasteiger partial charge >= 0.3 is 6.03 Å². The predicted molar refractivity (Wildman–Crippen MR) is 174 cm³/mol. The molecule has 47 heavy (non-hydrogen) atoms. The van der Waals surface area contributed by atoms with Gasteiger partial charge in [0, 0.05) is 54.2 Å². The van der Waals surface area contributed by atoms with Gasteiger partial charge in [0.05, 0.1) is 26.8 Å². The zero-order valence-corrected chi connectivity index (χ0v) is 26.5. The second-order valence-electron chi connectivity index (χ2n) is 10.9. The third-order valence-corrected chi connectivity index (χ3v) is 7.36. The molecule has 2 aromatic carbocycles. The molecular formula is C33H34F2N8O4. The average Bonchev–Trinajstić information content (AvgIpc) is 3.05. The van der Waals surface area contributed by atoms with E-state index in [-0.39, 0.29) is 35.7 Å². The van der Waals surface area contributed by atoms with Crippen molar-refractivity contribution < 1.29 is 27.8 Å². The summed E-state index contributed by atoms with van der Waals surface area (Å²) in [6.45, 7) is 2.10. The quantitative estimate of drug-likeness (QED) is 0.199. The van der Waals surface area contributed by atoms with Crippen molar-refractivity contribution in [2.75, 3.05) is 55.3 Å². The number of nitrogens with zero attached hydrogens (tertiary/aromatic N) is 6. The van der Waals surface area contributed by atoms with Gasteiger partial charge in [0.15, 0.2) is 23.1 Å². The van der Waals surface area contributed by atoms with E-state index in [1.54, 1.807) is 61.8 Å². The molecule has 1 aliphatic rings. The number of halogens is 2. The van der Waals surface area contributed by atoms with Gasteiger partial charge in [0.25, 0.3) is 0 Å². The Morgan fingerprint density at radius 2 is 1.77 bits per heavy atom. The highest BCUT2D eigenvalue weighted by Crippen LogP contribution is 2.42. The monoisotopic (exact) mass is 644 g/mol. The third kappa shape index (κ3) is 7.12. The van der Waals surface area contributed by atoms with Crippen molar-refractivity contribution in [2.45, 2.75) is 19.5 Å². The van der Waals surface area contributed by atoms with Gasteiger partial charge in [0.1, 0.15) is 11.5 Å². The Hall–Kier alpha value is -5.63. The van der Waals surface area contributed by atoms with Crippen LogP contribution in [-0.4, -0.2) is 66.6 Å². The molecule has 12 nitrogen and oxygen atoms in total. The number of hydrogen-bond donors (Lipinski definition) is 2. The first kappa shape index (κ1) is 32.8. The van der Waals surface area contributed by atoms with Crippen LogP contribution in [0.4, 0.5) is 42.4 Å². The lowest BCUT2D eigenvalue weighted by Gasteiger charge is -2.39. The zero-order valence-electron chi connectivity index (χ0n) is 26.5. The zero-order chi connectivity index (χ0) is 33.7. The number of nitrogens with one attached hydrogen (secondary N) is 2. The minimum Gasteiger partial charge on any atom is -0.493 e. The van der Waals surface area contributed by atoms with E-state index in [2.05, 4.69) is 25.6 Å². The maximum Gasteiger partial charge on any atom is 0.331 e. The van der Waals surface area contributed by atoms with Crippen LogP contribution in [0.2, 0.25) is 0 Å². The van der Waals surface area contributed by atoms with E-state index in [0.29, 0.717) is 29.0 Å². The molecule has 1 aliphatic heterocycles. The molecule has 0 radical (unpaired) electrons. The van der Waals surface area contributed by atoms with Crippen LogP contribution in [0.1, 0.15) is 24.1 Å². The van der Waals surface area contributed by atoms with Crippen LogP contribution in [0.5, 0.6) is 11.5 Å². The number of aromatic nitrogens is 3. The number of carbonyl (C=O) groups excluding carboxylic acids is 2. The molecule has 3 heterocycles. The predicted octanol–water partition coefficient (Wildman–Crippen LogP) is 5.67. The fourth-order valence-corrected chi connectivity index (χ4v) is 5.01. The van der Waals surface area contributed by atoms with Crippen molar-refractivity contribution in [1.82, 2.24) is 19.9 Å². The van der Waals surface area contributed by atoms with Crippen molar-refractivity contribution in [2.24, 2.45) is 0 Å². The molecule has 2 aromatic heterocycles. The van der Waals surface area contributed by atoms with Crippen molar-refractivity contribution in [3.05, 3.63) is 96.0 Å². The molecular weight excluding hydrogens is 610 g/mol. The maximum atomic E-state index is 15.7. The number of fused-ring (bicyclic) bond motifs is 1. The van der Waals surface area contributed by atoms with Gasteiger partial charge in [-0.25, -0.2) is 18.6 Å². The second kappa shape index (κ2) is 14.2. The number of urea groups is 1. The summed E-state index contributed by atoms with van der Waals surface area (Å²) in [6, 6.07) is 10.0. The van der Waals surface area contributed by atoms with Crippen LogP contribution < -0.4 is 29.9 Å². The molecule has 0 fully saturated rings. The Morgan fingerprint density at radius 3 is 2.43 bits per heavy atom. The number of amides is 3. The van der Waals surface area contributed by atoms with E-state index >= 15 is 8.78 Å². The molecule has 0 spiro atoms. The smallest absolute Gasteiger partial charge is 0.331 e. The van der Waals surface area contributed by atoms with E-state index in [0.717, 1.165) is 11.0 Å². The Balaban J connectivity index is 1.57. The van der Waals surface area contributed by atoms with Gasteiger partial charge in [-0.2, -0.15) is 4.98 Å². The normalized spacial score (nSPS) is 13.5. The molecule has 244 valence electrons. The summed E-state index contributed by atoms with van der Waals surface area (Å²) >= 11 is 0. The number of carbonyl (C=O) groups is 2. The van der Waals surface area contributed by atoms with E-state index in [1.807, 2.05) is 19.0 Å². The van der Waals surface area contributed by atoms with Gasteiger partial charge in [-0.3, -0.25) is 19.6 Å². The molecule has 0 aliphatic carbocycles. The molecule has 1 atom stereocenters. The topological polar surface area (TPSA) is 125 Å². The number of likely N-dealkylation sites (N-methyl/N-ethyl adjacent to an activating group) is 1. The van der Waals surface area contributed by atoms with Crippen LogP contribution >= 0.6 is 0 Å². The molecule has 0 bridgehead atoms. The van der Waals surface area contributed by atoms with E-state index < -0.39 is 29.4 Å². The molecule has 4 aromatic rings. The van der Waals surface area contributed by atoms with Gasteiger partial charge < -0.3 is 25.0 Å². The van der Waals surface area contributed by atoms with Crippen molar-refractivity contribution in [3.8, 4) is 11.5 Å². The summed E-state index contributed by atoms with van der Waals surface area (Å²) in [7, 11) is 6.25. The van der Waals surface area contributed by atoms with Crippen LogP contribution in [0.3, 0.4) is 0 Å². The van der Waals surface area contributed by atoms with E-state index in [4.69, 9.17) is 9.47 Å². The van der Waals surface area contributed by atoms with Gasteiger partial charge in [0.2, 0.25) is 11.9 Å². The van der Waals surface area contributed by atoms with Crippen LogP contribution in [-0.2, 0) is 11.3 Å². The van der Waals surface area contributed by atoms with E-state index in [1.165, 1.54) is 31.4 Å².